The first-order chi connectivity index (χ1) is 9.74. The van der Waals surface area contributed by atoms with Crippen LogP contribution in [-0.4, -0.2) is 29.4 Å². The zero-order valence-electron chi connectivity index (χ0n) is 11.5. The lowest BCUT2D eigenvalue weighted by Gasteiger charge is -2.15. The summed E-state index contributed by atoms with van der Waals surface area (Å²) in [5.41, 5.74) is 0.914. The van der Waals surface area contributed by atoms with Gasteiger partial charge >= 0.3 is 0 Å². The van der Waals surface area contributed by atoms with Gasteiger partial charge in [0.25, 0.3) is 0 Å². The molecule has 20 heavy (non-hydrogen) atoms. The van der Waals surface area contributed by atoms with Crippen molar-refractivity contribution in [1.29, 1.82) is 0 Å². The van der Waals surface area contributed by atoms with Crippen molar-refractivity contribution in [3.63, 3.8) is 0 Å². The first-order valence-electron chi connectivity index (χ1n) is 7.29. The summed E-state index contributed by atoms with van der Waals surface area (Å²) in [5.74, 6) is 0.473. The number of fused-ring (bicyclic) bond motifs is 1. The van der Waals surface area contributed by atoms with Crippen LogP contribution in [0.25, 0.3) is 10.8 Å². The number of benzene rings is 2. The Morgan fingerprint density at radius 3 is 2.50 bits per heavy atom. The highest BCUT2D eigenvalue weighted by Gasteiger charge is 2.29. The number of hydrogen-bond donors (Lipinski definition) is 3. The lowest BCUT2D eigenvalue weighted by molar-refractivity contribution is 0.132. The van der Waals surface area contributed by atoms with Crippen LogP contribution >= 0.6 is 0 Å². The summed E-state index contributed by atoms with van der Waals surface area (Å²) in [5, 5.41) is 25.4. The lowest BCUT2D eigenvalue weighted by atomic mass is 10.0. The maximum atomic E-state index is 10.2. The Hall–Kier alpha value is -1.42. The molecule has 2 atom stereocenters. The summed E-state index contributed by atoms with van der Waals surface area (Å²) < 4.78 is 0. The molecule has 1 aliphatic rings. The fourth-order valence-corrected chi connectivity index (χ4v) is 2.55. The Morgan fingerprint density at radius 1 is 1.00 bits per heavy atom. The molecule has 1 fully saturated rings. The van der Waals surface area contributed by atoms with Crippen LogP contribution in [0.15, 0.2) is 42.5 Å². The molecule has 2 aromatic carbocycles. The second kappa shape index (κ2) is 5.92. The van der Waals surface area contributed by atoms with Crippen molar-refractivity contribution in [2.45, 2.75) is 25.0 Å². The van der Waals surface area contributed by atoms with Crippen molar-refractivity contribution >= 4 is 10.8 Å². The van der Waals surface area contributed by atoms with E-state index in [0.717, 1.165) is 23.8 Å². The minimum absolute atomic E-state index is 0.265. The van der Waals surface area contributed by atoms with E-state index in [1.165, 1.54) is 5.39 Å². The molecule has 0 heterocycles. The van der Waals surface area contributed by atoms with E-state index in [9.17, 15) is 10.2 Å². The van der Waals surface area contributed by atoms with E-state index in [2.05, 4.69) is 17.4 Å². The van der Waals surface area contributed by atoms with Crippen LogP contribution < -0.4 is 5.32 Å². The molecule has 2 aromatic rings. The molecule has 1 aliphatic carbocycles. The summed E-state index contributed by atoms with van der Waals surface area (Å²) >= 11 is 0. The van der Waals surface area contributed by atoms with E-state index < -0.39 is 6.10 Å². The largest absolute Gasteiger partial charge is 0.392 e. The van der Waals surface area contributed by atoms with Gasteiger partial charge in [-0.25, -0.2) is 0 Å². The molecule has 3 rings (SSSR count). The highest BCUT2D eigenvalue weighted by Crippen LogP contribution is 2.32. The van der Waals surface area contributed by atoms with Gasteiger partial charge in [0.15, 0.2) is 0 Å². The van der Waals surface area contributed by atoms with Gasteiger partial charge in [0.2, 0.25) is 0 Å². The van der Waals surface area contributed by atoms with Crippen LogP contribution in [0.5, 0.6) is 0 Å². The molecule has 0 bridgehead atoms. The SMILES string of the molecule is OC(CNCC(O)C1CC1)c1ccc2ccccc2c1. The van der Waals surface area contributed by atoms with Crippen LogP contribution in [0.2, 0.25) is 0 Å². The average Bonchev–Trinajstić information content (AvgIpc) is 3.31. The molecular formula is C17H21NO2. The quantitative estimate of drug-likeness (QED) is 0.755. The first kappa shape index (κ1) is 13.6. The zero-order chi connectivity index (χ0) is 13.9. The first-order valence-corrected chi connectivity index (χ1v) is 7.29. The number of nitrogens with one attached hydrogen (secondary N) is 1. The molecule has 0 aliphatic heterocycles. The van der Waals surface area contributed by atoms with Crippen molar-refractivity contribution in [2.75, 3.05) is 13.1 Å². The van der Waals surface area contributed by atoms with Crippen LogP contribution in [0, 0.1) is 5.92 Å². The highest BCUT2D eigenvalue weighted by molar-refractivity contribution is 5.83. The number of hydrogen-bond acceptors (Lipinski definition) is 3. The van der Waals surface area contributed by atoms with E-state index in [1.54, 1.807) is 0 Å². The molecule has 106 valence electrons. The molecule has 0 amide bonds. The third-order valence-electron chi connectivity index (χ3n) is 4.02. The molecule has 3 heteroatoms. The monoisotopic (exact) mass is 271 g/mol. The topological polar surface area (TPSA) is 52.5 Å². The van der Waals surface area contributed by atoms with Crippen LogP contribution in [-0.2, 0) is 0 Å². The predicted molar refractivity (Wildman–Crippen MR) is 80.5 cm³/mol. The van der Waals surface area contributed by atoms with E-state index in [4.69, 9.17) is 0 Å². The van der Waals surface area contributed by atoms with Gasteiger partial charge in [0, 0.05) is 13.1 Å². The van der Waals surface area contributed by atoms with Crippen molar-refractivity contribution in [3.05, 3.63) is 48.0 Å². The third-order valence-corrected chi connectivity index (χ3v) is 4.02. The van der Waals surface area contributed by atoms with Crippen molar-refractivity contribution in [3.8, 4) is 0 Å². The number of aliphatic hydroxyl groups is 2. The van der Waals surface area contributed by atoms with E-state index in [-0.39, 0.29) is 6.10 Å². The average molecular weight is 271 g/mol. The molecule has 0 spiro atoms. The van der Waals surface area contributed by atoms with Gasteiger partial charge in [-0.1, -0.05) is 36.4 Å². The summed E-state index contributed by atoms with van der Waals surface area (Å²) in [6.45, 7) is 1.04. The number of rotatable bonds is 6. The Bertz CT molecular complexity index is 580. The Morgan fingerprint density at radius 2 is 1.75 bits per heavy atom. The van der Waals surface area contributed by atoms with Gasteiger partial charge < -0.3 is 15.5 Å². The molecule has 1 saturated carbocycles. The van der Waals surface area contributed by atoms with Gasteiger partial charge in [-0.2, -0.15) is 0 Å². The summed E-state index contributed by atoms with van der Waals surface area (Å²) in [6, 6.07) is 14.2. The van der Waals surface area contributed by atoms with Gasteiger partial charge in [0.05, 0.1) is 12.2 Å². The minimum Gasteiger partial charge on any atom is -0.392 e. The van der Waals surface area contributed by atoms with Crippen LogP contribution in [0.4, 0.5) is 0 Å². The molecular weight excluding hydrogens is 250 g/mol. The molecule has 3 nitrogen and oxygen atoms in total. The van der Waals surface area contributed by atoms with Gasteiger partial charge in [-0.05, 0) is 41.2 Å². The second-order valence-electron chi connectivity index (χ2n) is 5.69. The summed E-state index contributed by atoms with van der Waals surface area (Å²) in [6.07, 6.45) is 1.47. The lowest BCUT2D eigenvalue weighted by Crippen LogP contribution is -2.31. The molecule has 0 saturated heterocycles. The van der Waals surface area contributed by atoms with E-state index >= 15 is 0 Å². The zero-order valence-corrected chi connectivity index (χ0v) is 11.5. The fourth-order valence-electron chi connectivity index (χ4n) is 2.55. The predicted octanol–water partition coefficient (Wildman–Crippen LogP) is 2.23. The molecule has 0 aromatic heterocycles. The normalized spacial score (nSPS) is 18.1. The maximum absolute atomic E-state index is 10.2. The smallest absolute Gasteiger partial charge is 0.0914 e. The van der Waals surface area contributed by atoms with Crippen molar-refractivity contribution in [2.24, 2.45) is 5.92 Å². The second-order valence-corrected chi connectivity index (χ2v) is 5.69. The maximum Gasteiger partial charge on any atom is 0.0914 e. The third kappa shape index (κ3) is 3.18. The number of aliphatic hydroxyl groups excluding tert-OH is 2. The molecule has 2 unspecified atom stereocenters. The standard InChI is InChI=1S/C17H21NO2/c19-16(13-6-7-13)10-18-11-17(20)15-8-5-12-3-1-2-4-14(12)9-15/h1-5,8-9,13,16-20H,6-7,10-11H2. The highest BCUT2D eigenvalue weighted by atomic mass is 16.3. The van der Waals surface area contributed by atoms with Crippen LogP contribution in [0.1, 0.15) is 24.5 Å². The molecule has 0 radical (unpaired) electrons. The van der Waals surface area contributed by atoms with Gasteiger partial charge in [0.1, 0.15) is 0 Å². The van der Waals surface area contributed by atoms with Crippen molar-refractivity contribution < 1.29 is 10.2 Å². The van der Waals surface area contributed by atoms with E-state index in [1.807, 2.05) is 30.3 Å². The summed E-state index contributed by atoms with van der Waals surface area (Å²) in [4.78, 5) is 0. The Balaban J connectivity index is 1.58. The molecule has 3 N–H and O–H groups in total. The minimum atomic E-state index is -0.536. The van der Waals surface area contributed by atoms with E-state index in [0.29, 0.717) is 19.0 Å². The summed E-state index contributed by atoms with van der Waals surface area (Å²) in [7, 11) is 0. The van der Waals surface area contributed by atoms with Crippen LogP contribution in [0.3, 0.4) is 0 Å². The van der Waals surface area contributed by atoms with Crippen molar-refractivity contribution in [1.82, 2.24) is 5.32 Å². The Kier molecular flexibility index (Phi) is 4.01. The fraction of sp³-hybridized carbons (Fsp3) is 0.412. The van der Waals surface area contributed by atoms with Gasteiger partial charge in [-0.3, -0.25) is 0 Å². The Labute approximate surface area is 119 Å². The van der Waals surface area contributed by atoms with Gasteiger partial charge in [-0.15, -0.1) is 0 Å².